The van der Waals surface area contributed by atoms with Gasteiger partial charge in [-0.1, -0.05) is 19.4 Å². The summed E-state index contributed by atoms with van der Waals surface area (Å²) in [6.45, 7) is 3.91. The number of methoxy groups -OCH3 is 1. The summed E-state index contributed by atoms with van der Waals surface area (Å²) in [6, 6.07) is 7.20. The van der Waals surface area contributed by atoms with Crippen LogP contribution in [0.2, 0.25) is 0 Å². The van der Waals surface area contributed by atoms with Crippen LogP contribution in [0.5, 0.6) is 5.75 Å². The smallest absolute Gasteiger partial charge is 0.330 e. The van der Waals surface area contributed by atoms with E-state index in [-0.39, 0.29) is 24.0 Å². The second-order valence-electron chi connectivity index (χ2n) is 8.02. The molecule has 32 heavy (non-hydrogen) atoms. The molecular weight excluding hydrogens is 408 g/mol. The SMILES string of the molecule is C=CC(=O)N[C@H]1CCCC[C@H]1Nc1ncc2c(n1)N(C)C(=O)N(c1ccc(OC)cc1)C2. The first-order valence-electron chi connectivity index (χ1n) is 10.7. The fourth-order valence-corrected chi connectivity index (χ4v) is 4.23. The lowest BCUT2D eigenvalue weighted by atomic mass is 9.90. The average Bonchev–Trinajstić information content (AvgIpc) is 2.83. The molecule has 1 fully saturated rings. The average molecular weight is 437 g/mol. The molecule has 3 amide bonds. The van der Waals surface area contributed by atoms with Gasteiger partial charge < -0.3 is 15.4 Å². The minimum atomic E-state index is -0.181. The molecule has 168 valence electrons. The van der Waals surface area contributed by atoms with E-state index >= 15 is 0 Å². The number of nitrogens with one attached hydrogen (secondary N) is 2. The fraction of sp³-hybridized carbons (Fsp3) is 0.391. The van der Waals surface area contributed by atoms with Gasteiger partial charge in [0.1, 0.15) is 11.6 Å². The number of rotatable bonds is 6. The topological polar surface area (TPSA) is 99.7 Å². The molecule has 1 aliphatic carbocycles. The molecule has 2 heterocycles. The lowest BCUT2D eigenvalue weighted by Gasteiger charge is -2.35. The third-order valence-electron chi connectivity index (χ3n) is 5.98. The van der Waals surface area contributed by atoms with Crippen LogP contribution < -0.4 is 25.2 Å². The van der Waals surface area contributed by atoms with Crippen molar-refractivity contribution in [2.75, 3.05) is 29.3 Å². The minimum Gasteiger partial charge on any atom is -0.497 e. The Balaban J connectivity index is 1.52. The highest BCUT2D eigenvalue weighted by atomic mass is 16.5. The van der Waals surface area contributed by atoms with Crippen molar-refractivity contribution < 1.29 is 14.3 Å². The highest BCUT2D eigenvalue weighted by Gasteiger charge is 2.32. The first-order chi connectivity index (χ1) is 15.5. The zero-order valence-electron chi connectivity index (χ0n) is 18.4. The zero-order chi connectivity index (χ0) is 22.7. The van der Waals surface area contributed by atoms with Crippen molar-refractivity contribution in [1.82, 2.24) is 15.3 Å². The van der Waals surface area contributed by atoms with Gasteiger partial charge >= 0.3 is 6.03 Å². The van der Waals surface area contributed by atoms with Gasteiger partial charge in [-0.3, -0.25) is 14.6 Å². The summed E-state index contributed by atoms with van der Waals surface area (Å²) in [6.07, 6.45) is 6.96. The highest BCUT2D eigenvalue weighted by Crippen LogP contribution is 2.31. The molecule has 2 atom stereocenters. The zero-order valence-corrected chi connectivity index (χ0v) is 18.4. The first kappa shape index (κ1) is 21.6. The lowest BCUT2D eigenvalue weighted by Crippen LogP contribution is -2.48. The molecule has 1 aliphatic heterocycles. The molecule has 1 aromatic carbocycles. The summed E-state index contributed by atoms with van der Waals surface area (Å²) in [5, 5.41) is 6.36. The standard InChI is InChI=1S/C23H28N6O3/c1-4-20(30)25-18-7-5-6-8-19(18)26-22-24-13-15-14-29(23(31)28(2)21(15)27-22)16-9-11-17(32-3)12-10-16/h4,9-13,18-19H,1,5-8,14H2,2-3H3,(H,25,30)(H,24,26,27)/t18-,19+/m0/s1. The number of aromatic nitrogens is 2. The molecule has 0 radical (unpaired) electrons. The van der Waals surface area contributed by atoms with Crippen LogP contribution >= 0.6 is 0 Å². The normalized spacial score (nSPS) is 20.4. The second-order valence-corrected chi connectivity index (χ2v) is 8.02. The van der Waals surface area contributed by atoms with Gasteiger partial charge in [0.15, 0.2) is 0 Å². The van der Waals surface area contributed by atoms with E-state index < -0.39 is 0 Å². The monoisotopic (exact) mass is 436 g/mol. The minimum absolute atomic E-state index is 0.0150. The number of ether oxygens (including phenoxy) is 1. The highest BCUT2D eigenvalue weighted by molar-refractivity contribution is 6.05. The molecule has 2 aromatic rings. The summed E-state index contributed by atoms with van der Waals surface area (Å²) < 4.78 is 5.20. The number of benzene rings is 1. The Morgan fingerprint density at radius 2 is 1.94 bits per heavy atom. The van der Waals surface area contributed by atoms with Gasteiger partial charge in [0.2, 0.25) is 11.9 Å². The number of carbonyl (C=O) groups is 2. The fourth-order valence-electron chi connectivity index (χ4n) is 4.23. The maximum Gasteiger partial charge on any atom is 0.330 e. The van der Waals surface area contributed by atoms with Gasteiger partial charge in [0, 0.05) is 36.6 Å². The quantitative estimate of drug-likeness (QED) is 0.675. The number of nitrogens with zero attached hydrogens (tertiary/aromatic N) is 4. The number of hydrogen-bond acceptors (Lipinski definition) is 6. The Labute approximate surface area is 187 Å². The Hall–Kier alpha value is -3.62. The van der Waals surface area contributed by atoms with Crippen LogP contribution in [-0.2, 0) is 11.3 Å². The Kier molecular flexibility index (Phi) is 6.25. The molecule has 1 aromatic heterocycles. The molecule has 2 aliphatic rings. The van der Waals surface area contributed by atoms with Crippen LogP contribution in [-0.4, -0.2) is 48.1 Å². The van der Waals surface area contributed by atoms with Crippen LogP contribution in [0.4, 0.5) is 22.2 Å². The molecule has 2 N–H and O–H groups in total. The summed E-state index contributed by atoms with van der Waals surface area (Å²) in [5.74, 6) is 1.58. The van der Waals surface area contributed by atoms with Crippen LogP contribution in [0.25, 0.3) is 0 Å². The van der Waals surface area contributed by atoms with E-state index in [1.54, 1.807) is 25.3 Å². The first-order valence-corrected chi connectivity index (χ1v) is 10.7. The summed E-state index contributed by atoms with van der Waals surface area (Å²) in [7, 11) is 3.32. The van der Waals surface area contributed by atoms with E-state index in [0.29, 0.717) is 18.3 Å². The molecule has 0 bridgehead atoms. The number of hydrogen-bond donors (Lipinski definition) is 2. The van der Waals surface area contributed by atoms with Crippen molar-refractivity contribution >= 4 is 29.4 Å². The Morgan fingerprint density at radius 3 is 2.62 bits per heavy atom. The number of fused-ring (bicyclic) bond motifs is 1. The van der Waals surface area contributed by atoms with Gasteiger partial charge in [0.25, 0.3) is 0 Å². The van der Waals surface area contributed by atoms with Crippen LogP contribution in [0.15, 0.2) is 43.1 Å². The summed E-state index contributed by atoms with van der Waals surface area (Å²) in [4.78, 5) is 37.2. The third kappa shape index (κ3) is 4.37. The maximum atomic E-state index is 13.0. The number of amides is 3. The summed E-state index contributed by atoms with van der Waals surface area (Å²) in [5.41, 5.74) is 1.63. The van der Waals surface area contributed by atoms with Crippen molar-refractivity contribution in [1.29, 1.82) is 0 Å². The third-order valence-corrected chi connectivity index (χ3v) is 5.98. The Bertz CT molecular complexity index is 1010. The molecule has 0 spiro atoms. The number of carbonyl (C=O) groups excluding carboxylic acids is 2. The van der Waals surface area contributed by atoms with Crippen molar-refractivity contribution in [3.05, 3.63) is 48.7 Å². The van der Waals surface area contributed by atoms with Gasteiger partial charge in [-0.15, -0.1) is 0 Å². The largest absolute Gasteiger partial charge is 0.497 e. The van der Waals surface area contributed by atoms with E-state index in [2.05, 4.69) is 27.2 Å². The molecule has 1 saturated carbocycles. The second kappa shape index (κ2) is 9.25. The molecule has 4 rings (SSSR count). The van der Waals surface area contributed by atoms with E-state index in [1.165, 1.54) is 11.0 Å². The molecular formula is C23H28N6O3. The van der Waals surface area contributed by atoms with E-state index in [4.69, 9.17) is 4.74 Å². The van der Waals surface area contributed by atoms with Gasteiger partial charge in [-0.05, 0) is 43.2 Å². The van der Waals surface area contributed by atoms with Crippen LogP contribution in [0, 0.1) is 0 Å². The molecule has 9 heteroatoms. The maximum absolute atomic E-state index is 13.0. The van der Waals surface area contributed by atoms with Crippen molar-refractivity contribution in [2.24, 2.45) is 0 Å². The van der Waals surface area contributed by atoms with Gasteiger partial charge in [0.05, 0.1) is 13.7 Å². The Morgan fingerprint density at radius 1 is 1.22 bits per heavy atom. The number of urea groups is 1. The van der Waals surface area contributed by atoms with E-state index in [9.17, 15) is 9.59 Å². The lowest BCUT2D eigenvalue weighted by molar-refractivity contribution is -0.117. The van der Waals surface area contributed by atoms with Gasteiger partial charge in [-0.2, -0.15) is 4.98 Å². The molecule has 0 saturated heterocycles. The van der Waals surface area contributed by atoms with Crippen molar-refractivity contribution in [3.63, 3.8) is 0 Å². The predicted molar refractivity (Wildman–Crippen MR) is 123 cm³/mol. The number of anilines is 3. The van der Waals surface area contributed by atoms with Crippen LogP contribution in [0.1, 0.15) is 31.2 Å². The predicted octanol–water partition coefficient (Wildman–Crippen LogP) is 3.09. The molecule has 0 unspecified atom stereocenters. The van der Waals surface area contributed by atoms with Crippen LogP contribution in [0.3, 0.4) is 0 Å². The van der Waals surface area contributed by atoms with E-state index in [1.807, 2.05) is 24.3 Å². The van der Waals surface area contributed by atoms with Crippen molar-refractivity contribution in [3.8, 4) is 5.75 Å². The van der Waals surface area contributed by atoms with Crippen molar-refractivity contribution in [2.45, 2.75) is 44.3 Å². The molecule has 9 nitrogen and oxygen atoms in total. The summed E-state index contributed by atoms with van der Waals surface area (Å²) >= 11 is 0. The van der Waals surface area contributed by atoms with E-state index in [0.717, 1.165) is 42.7 Å². The van der Waals surface area contributed by atoms with Gasteiger partial charge in [-0.25, -0.2) is 9.78 Å².